The Labute approximate surface area is 178 Å². The molecule has 4 aromatic rings. The van der Waals surface area contributed by atoms with Crippen molar-refractivity contribution >= 4 is 55.4 Å². The number of nitrogen functional groups attached to an aromatic ring is 1. The van der Waals surface area contributed by atoms with Gasteiger partial charge >= 0.3 is 0 Å². The van der Waals surface area contributed by atoms with Crippen LogP contribution < -0.4 is 16.0 Å². The maximum Gasteiger partial charge on any atom is 0.267 e. The molecule has 0 radical (unpaired) electrons. The van der Waals surface area contributed by atoms with E-state index in [-0.39, 0.29) is 5.91 Å². The third-order valence-corrected chi connectivity index (χ3v) is 6.49. The second-order valence-electron chi connectivity index (χ2n) is 7.48. The maximum atomic E-state index is 12.9. The fourth-order valence-electron chi connectivity index (χ4n) is 3.74. The number of hydrogen-bond acceptors (Lipinski definition) is 6. The number of amides is 1. The van der Waals surface area contributed by atoms with Crippen molar-refractivity contribution in [1.29, 1.82) is 0 Å². The lowest BCUT2D eigenvalue weighted by molar-refractivity contribution is 0.103. The molecule has 30 heavy (non-hydrogen) atoms. The van der Waals surface area contributed by atoms with Gasteiger partial charge in [0.25, 0.3) is 5.91 Å². The normalized spacial score (nSPS) is 14.4. The summed E-state index contributed by atoms with van der Waals surface area (Å²) in [5.74, 6) is -0.213. The third kappa shape index (κ3) is 3.46. The first-order valence-corrected chi connectivity index (χ1v) is 10.7. The lowest BCUT2D eigenvalue weighted by Gasteiger charge is -2.28. The van der Waals surface area contributed by atoms with E-state index < -0.39 is 0 Å². The number of benzene rings is 2. The minimum atomic E-state index is -0.213. The lowest BCUT2D eigenvalue weighted by atomic mass is 10.1. The largest absolute Gasteiger partial charge is 0.397 e. The van der Waals surface area contributed by atoms with E-state index in [0.717, 1.165) is 64.4 Å². The first-order chi connectivity index (χ1) is 14.6. The van der Waals surface area contributed by atoms with Gasteiger partial charge in [-0.3, -0.25) is 4.79 Å². The molecule has 5 rings (SSSR count). The molecular weight excluding hydrogens is 396 g/mol. The standard InChI is InChI=1S/C23H22N4O2S/c1-14-2-3-15-13-18-20(24)21(30-23(18)26-19(15)12-14)22(28)25-16-4-6-17(7-5-16)27-8-10-29-11-9-27/h2-7,12-13H,8-11,24H2,1H3,(H,25,28). The van der Waals surface area contributed by atoms with Crippen LogP contribution in [0.3, 0.4) is 0 Å². The van der Waals surface area contributed by atoms with Gasteiger partial charge in [0.2, 0.25) is 0 Å². The second kappa shape index (κ2) is 7.59. The predicted molar refractivity (Wildman–Crippen MR) is 124 cm³/mol. The summed E-state index contributed by atoms with van der Waals surface area (Å²) in [6, 6.07) is 16.0. The molecule has 0 unspecified atom stereocenters. The van der Waals surface area contributed by atoms with Crippen molar-refractivity contribution in [3.8, 4) is 0 Å². The van der Waals surface area contributed by atoms with Gasteiger partial charge in [-0.15, -0.1) is 11.3 Å². The molecule has 1 aliphatic heterocycles. The van der Waals surface area contributed by atoms with Gasteiger partial charge in [-0.05, 0) is 48.9 Å². The van der Waals surface area contributed by atoms with Gasteiger partial charge in [-0.2, -0.15) is 0 Å². The summed E-state index contributed by atoms with van der Waals surface area (Å²) in [4.78, 5) is 21.2. The summed E-state index contributed by atoms with van der Waals surface area (Å²) in [6.07, 6.45) is 0. The van der Waals surface area contributed by atoms with Crippen LogP contribution in [0.15, 0.2) is 48.5 Å². The van der Waals surface area contributed by atoms with Gasteiger partial charge in [0.05, 0.1) is 24.4 Å². The van der Waals surface area contributed by atoms with Gasteiger partial charge in [-0.1, -0.05) is 12.1 Å². The van der Waals surface area contributed by atoms with Crippen LogP contribution in [0.5, 0.6) is 0 Å². The number of carbonyl (C=O) groups is 1. The predicted octanol–water partition coefficient (Wildman–Crippen LogP) is 4.43. The van der Waals surface area contributed by atoms with Crippen LogP contribution in [0.2, 0.25) is 0 Å². The fourth-order valence-corrected chi connectivity index (χ4v) is 4.72. The number of ether oxygens (including phenoxy) is 1. The molecule has 2 aromatic carbocycles. The summed E-state index contributed by atoms with van der Waals surface area (Å²) in [7, 11) is 0. The zero-order valence-corrected chi connectivity index (χ0v) is 17.5. The Morgan fingerprint density at radius 3 is 2.67 bits per heavy atom. The van der Waals surface area contributed by atoms with E-state index in [1.165, 1.54) is 11.3 Å². The van der Waals surface area contributed by atoms with Crippen molar-refractivity contribution in [2.75, 3.05) is 42.3 Å². The number of nitrogens with two attached hydrogens (primary N) is 1. The average molecular weight is 419 g/mol. The van der Waals surface area contributed by atoms with E-state index in [4.69, 9.17) is 15.5 Å². The topological polar surface area (TPSA) is 80.5 Å². The number of anilines is 3. The molecule has 152 valence electrons. The number of aryl methyl sites for hydroxylation is 1. The molecule has 0 atom stereocenters. The average Bonchev–Trinajstić information content (AvgIpc) is 3.09. The molecule has 0 bridgehead atoms. The molecule has 3 heterocycles. The number of carbonyl (C=O) groups excluding carboxylic acids is 1. The Kier molecular flexibility index (Phi) is 4.77. The van der Waals surface area contributed by atoms with E-state index in [1.807, 2.05) is 55.5 Å². The number of nitrogens with zero attached hydrogens (tertiary/aromatic N) is 2. The van der Waals surface area contributed by atoms with Crippen molar-refractivity contribution in [2.24, 2.45) is 0 Å². The molecule has 7 heteroatoms. The van der Waals surface area contributed by atoms with E-state index >= 15 is 0 Å². The molecular formula is C23H22N4O2S. The molecule has 6 nitrogen and oxygen atoms in total. The number of nitrogens with one attached hydrogen (secondary N) is 1. The number of morpholine rings is 1. The Morgan fingerprint density at radius 2 is 1.90 bits per heavy atom. The van der Waals surface area contributed by atoms with Crippen LogP contribution in [-0.2, 0) is 4.74 Å². The lowest BCUT2D eigenvalue weighted by Crippen LogP contribution is -2.36. The van der Waals surface area contributed by atoms with Crippen LogP contribution in [0.25, 0.3) is 21.1 Å². The van der Waals surface area contributed by atoms with Crippen LogP contribution in [-0.4, -0.2) is 37.2 Å². The fraction of sp³-hybridized carbons (Fsp3) is 0.217. The molecule has 1 aliphatic rings. The quantitative estimate of drug-likeness (QED) is 0.514. The number of thiophene rings is 1. The minimum Gasteiger partial charge on any atom is -0.397 e. The molecule has 1 amide bonds. The molecule has 1 fully saturated rings. The first-order valence-electron chi connectivity index (χ1n) is 9.92. The third-order valence-electron chi connectivity index (χ3n) is 5.38. The summed E-state index contributed by atoms with van der Waals surface area (Å²) in [5, 5.41) is 4.80. The van der Waals surface area contributed by atoms with E-state index in [1.54, 1.807) is 0 Å². The highest BCUT2D eigenvalue weighted by atomic mass is 32.1. The van der Waals surface area contributed by atoms with Crippen LogP contribution in [0.1, 0.15) is 15.2 Å². The van der Waals surface area contributed by atoms with Gasteiger partial charge in [0, 0.05) is 35.2 Å². The molecule has 2 aromatic heterocycles. The van der Waals surface area contributed by atoms with Crippen molar-refractivity contribution in [3.63, 3.8) is 0 Å². The van der Waals surface area contributed by atoms with Crippen LogP contribution in [0.4, 0.5) is 17.1 Å². The van der Waals surface area contributed by atoms with E-state index in [9.17, 15) is 4.79 Å². The second-order valence-corrected chi connectivity index (χ2v) is 8.48. The Hall–Kier alpha value is -3.16. The number of fused-ring (bicyclic) bond motifs is 2. The number of hydrogen-bond donors (Lipinski definition) is 2. The highest BCUT2D eigenvalue weighted by Gasteiger charge is 2.18. The van der Waals surface area contributed by atoms with Gasteiger partial charge < -0.3 is 20.7 Å². The SMILES string of the molecule is Cc1ccc2cc3c(N)c(C(=O)Nc4ccc(N5CCOCC5)cc4)sc3nc2c1. The molecule has 0 saturated carbocycles. The Balaban J connectivity index is 1.40. The minimum absolute atomic E-state index is 0.213. The van der Waals surface area contributed by atoms with Gasteiger partial charge in [0.15, 0.2) is 0 Å². The van der Waals surface area contributed by atoms with Gasteiger partial charge in [-0.25, -0.2) is 4.98 Å². The van der Waals surface area contributed by atoms with Crippen LogP contribution in [0, 0.1) is 6.92 Å². The number of pyridine rings is 1. The Bertz CT molecular complexity index is 1240. The van der Waals surface area contributed by atoms with Crippen molar-refractivity contribution in [2.45, 2.75) is 6.92 Å². The molecule has 0 aliphatic carbocycles. The monoisotopic (exact) mass is 418 g/mol. The summed E-state index contributed by atoms with van der Waals surface area (Å²) >= 11 is 1.33. The van der Waals surface area contributed by atoms with Crippen molar-refractivity contribution < 1.29 is 9.53 Å². The zero-order valence-electron chi connectivity index (χ0n) is 16.6. The van der Waals surface area contributed by atoms with Gasteiger partial charge in [0.1, 0.15) is 9.71 Å². The molecule has 3 N–H and O–H groups in total. The number of aromatic nitrogens is 1. The molecule has 1 saturated heterocycles. The Morgan fingerprint density at radius 1 is 1.13 bits per heavy atom. The highest BCUT2D eigenvalue weighted by molar-refractivity contribution is 7.21. The van der Waals surface area contributed by atoms with E-state index in [0.29, 0.717) is 10.6 Å². The zero-order chi connectivity index (χ0) is 20.7. The van der Waals surface area contributed by atoms with Crippen molar-refractivity contribution in [3.05, 3.63) is 59.0 Å². The summed E-state index contributed by atoms with van der Waals surface area (Å²) in [5.41, 5.74) is 10.7. The molecule has 0 spiro atoms. The van der Waals surface area contributed by atoms with Crippen molar-refractivity contribution in [1.82, 2.24) is 4.98 Å². The summed E-state index contributed by atoms with van der Waals surface area (Å²) < 4.78 is 5.40. The van der Waals surface area contributed by atoms with Crippen LogP contribution >= 0.6 is 11.3 Å². The first kappa shape index (κ1) is 18.8. The number of rotatable bonds is 3. The van der Waals surface area contributed by atoms with E-state index in [2.05, 4.69) is 10.2 Å². The smallest absolute Gasteiger partial charge is 0.267 e. The summed E-state index contributed by atoms with van der Waals surface area (Å²) in [6.45, 7) is 5.28. The highest BCUT2D eigenvalue weighted by Crippen LogP contribution is 2.35. The maximum absolute atomic E-state index is 12.9.